The summed E-state index contributed by atoms with van der Waals surface area (Å²) in [7, 11) is 0. The largest absolute Gasteiger partial charge is 0.417 e. The molecule has 1 nitrogen and oxygen atoms in total. The summed E-state index contributed by atoms with van der Waals surface area (Å²) in [5.74, 6) is -0.551. The van der Waals surface area contributed by atoms with E-state index in [0.717, 1.165) is 6.07 Å². The fraction of sp³-hybridized carbons (Fsp3) is 0.133. The van der Waals surface area contributed by atoms with Crippen LogP contribution in [0.3, 0.4) is 0 Å². The van der Waals surface area contributed by atoms with Crippen molar-refractivity contribution in [2.75, 3.05) is 0 Å². The van der Waals surface area contributed by atoms with Crippen molar-refractivity contribution in [2.24, 2.45) is 0 Å². The standard InChI is InChI=1S/C15H10BrF3O/c16-13-8-4-1-5-10(13)9-14(20)11-6-2-3-7-12(11)15(17,18)19/h1-8H,9H2. The number of halogens is 4. The zero-order valence-electron chi connectivity index (χ0n) is 10.2. The lowest BCUT2D eigenvalue weighted by molar-refractivity contribution is -0.137. The van der Waals surface area contributed by atoms with Crippen molar-refractivity contribution in [1.29, 1.82) is 0 Å². The van der Waals surface area contributed by atoms with Gasteiger partial charge in [-0.3, -0.25) is 4.79 Å². The van der Waals surface area contributed by atoms with Crippen LogP contribution in [-0.4, -0.2) is 5.78 Å². The molecule has 0 bridgehead atoms. The van der Waals surface area contributed by atoms with Gasteiger partial charge in [0.05, 0.1) is 5.56 Å². The van der Waals surface area contributed by atoms with Gasteiger partial charge in [-0.2, -0.15) is 13.2 Å². The number of alkyl halides is 3. The lowest BCUT2D eigenvalue weighted by Gasteiger charge is -2.12. The summed E-state index contributed by atoms with van der Waals surface area (Å²) < 4.78 is 39.3. The van der Waals surface area contributed by atoms with Gasteiger partial charge in [0.2, 0.25) is 0 Å². The van der Waals surface area contributed by atoms with Gasteiger partial charge in [-0.15, -0.1) is 0 Å². The third kappa shape index (κ3) is 3.28. The normalized spacial score (nSPS) is 11.4. The lowest BCUT2D eigenvalue weighted by atomic mass is 9.98. The Hall–Kier alpha value is -1.62. The highest BCUT2D eigenvalue weighted by atomic mass is 79.9. The van der Waals surface area contributed by atoms with Crippen molar-refractivity contribution in [1.82, 2.24) is 0 Å². The molecule has 0 amide bonds. The van der Waals surface area contributed by atoms with Crippen molar-refractivity contribution >= 4 is 21.7 Å². The van der Waals surface area contributed by atoms with E-state index in [0.29, 0.717) is 10.0 Å². The smallest absolute Gasteiger partial charge is 0.294 e. The average molecular weight is 343 g/mol. The fourth-order valence-corrected chi connectivity index (χ4v) is 2.31. The molecule has 0 fully saturated rings. The SMILES string of the molecule is O=C(Cc1ccccc1Br)c1ccccc1C(F)(F)F. The van der Waals surface area contributed by atoms with Crippen molar-refractivity contribution in [3.63, 3.8) is 0 Å². The van der Waals surface area contributed by atoms with Crippen LogP contribution in [0.4, 0.5) is 13.2 Å². The van der Waals surface area contributed by atoms with E-state index in [1.54, 1.807) is 24.3 Å². The molecule has 0 heterocycles. The number of hydrogen-bond acceptors (Lipinski definition) is 1. The number of hydrogen-bond donors (Lipinski definition) is 0. The minimum Gasteiger partial charge on any atom is -0.294 e. The first-order chi connectivity index (χ1) is 9.39. The number of carbonyl (C=O) groups is 1. The van der Waals surface area contributed by atoms with Crippen LogP contribution in [0.1, 0.15) is 21.5 Å². The van der Waals surface area contributed by atoms with Crippen LogP contribution in [0.25, 0.3) is 0 Å². The van der Waals surface area contributed by atoms with Crippen LogP contribution >= 0.6 is 15.9 Å². The zero-order chi connectivity index (χ0) is 14.8. The molecular formula is C15H10BrF3O. The van der Waals surface area contributed by atoms with E-state index in [1.807, 2.05) is 0 Å². The Kier molecular flexibility index (Phi) is 4.28. The van der Waals surface area contributed by atoms with Crippen LogP contribution < -0.4 is 0 Å². The predicted molar refractivity (Wildman–Crippen MR) is 73.6 cm³/mol. The molecule has 5 heteroatoms. The minimum atomic E-state index is -4.53. The summed E-state index contributed by atoms with van der Waals surface area (Å²) in [6, 6.07) is 11.8. The van der Waals surface area contributed by atoms with E-state index in [2.05, 4.69) is 15.9 Å². The van der Waals surface area contributed by atoms with E-state index in [-0.39, 0.29) is 12.0 Å². The number of benzene rings is 2. The van der Waals surface area contributed by atoms with E-state index < -0.39 is 17.5 Å². The number of carbonyl (C=O) groups excluding carboxylic acids is 1. The Labute approximate surface area is 122 Å². The first-order valence-corrected chi connectivity index (χ1v) is 6.61. The highest BCUT2D eigenvalue weighted by Crippen LogP contribution is 2.32. The molecule has 0 atom stereocenters. The first-order valence-electron chi connectivity index (χ1n) is 5.82. The van der Waals surface area contributed by atoms with E-state index in [9.17, 15) is 18.0 Å². The topological polar surface area (TPSA) is 17.1 Å². The molecule has 2 aromatic carbocycles. The van der Waals surface area contributed by atoms with Gasteiger partial charge in [0, 0.05) is 16.5 Å². The minimum absolute atomic E-state index is 0.0749. The lowest BCUT2D eigenvalue weighted by Crippen LogP contribution is -2.14. The summed E-state index contributed by atoms with van der Waals surface area (Å²) in [6.45, 7) is 0. The van der Waals surface area contributed by atoms with Crippen molar-refractivity contribution in [2.45, 2.75) is 12.6 Å². The molecule has 2 rings (SSSR count). The van der Waals surface area contributed by atoms with Gasteiger partial charge in [0.15, 0.2) is 5.78 Å². The van der Waals surface area contributed by atoms with E-state index in [1.165, 1.54) is 18.2 Å². The Morgan fingerprint density at radius 1 is 1.00 bits per heavy atom. The molecule has 0 saturated carbocycles. The molecule has 0 N–H and O–H groups in total. The Bertz CT molecular complexity index is 635. The van der Waals surface area contributed by atoms with Crippen LogP contribution in [0.2, 0.25) is 0 Å². The third-order valence-corrected chi connectivity index (χ3v) is 3.62. The first kappa shape index (κ1) is 14.8. The summed E-state index contributed by atoms with van der Waals surface area (Å²) >= 11 is 3.28. The summed E-state index contributed by atoms with van der Waals surface area (Å²) in [4.78, 5) is 12.1. The van der Waals surface area contributed by atoms with Crippen molar-refractivity contribution in [3.8, 4) is 0 Å². The molecule has 0 spiro atoms. The molecular weight excluding hydrogens is 333 g/mol. The molecule has 0 aliphatic heterocycles. The molecule has 0 radical (unpaired) electrons. The van der Waals surface area contributed by atoms with Crippen molar-refractivity contribution < 1.29 is 18.0 Å². The maximum atomic E-state index is 12.9. The second-order valence-corrected chi connectivity index (χ2v) is 5.09. The van der Waals surface area contributed by atoms with Crippen LogP contribution in [0.15, 0.2) is 53.0 Å². The van der Waals surface area contributed by atoms with Gasteiger partial charge >= 0.3 is 6.18 Å². The quantitative estimate of drug-likeness (QED) is 0.725. The highest BCUT2D eigenvalue weighted by Gasteiger charge is 2.34. The molecule has 0 aromatic heterocycles. The van der Waals surface area contributed by atoms with Gasteiger partial charge in [-0.1, -0.05) is 52.3 Å². The second kappa shape index (κ2) is 5.79. The maximum absolute atomic E-state index is 12.9. The molecule has 104 valence electrons. The van der Waals surface area contributed by atoms with E-state index >= 15 is 0 Å². The van der Waals surface area contributed by atoms with Crippen LogP contribution in [0.5, 0.6) is 0 Å². The van der Waals surface area contributed by atoms with Gasteiger partial charge in [-0.25, -0.2) is 0 Å². The Balaban J connectivity index is 2.34. The monoisotopic (exact) mass is 342 g/mol. The number of Topliss-reactive ketones (excluding diaryl/α,β-unsaturated/α-hetero) is 1. The molecule has 0 aliphatic carbocycles. The van der Waals surface area contributed by atoms with Gasteiger partial charge in [0.1, 0.15) is 0 Å². The van der Waals surface area contributed by atoms with Gasteiger partial charge in [0.25, 0.3) is 0 Å². The van der Waals surface area contributed by atoms with E-state index in [4.69, 9.17) is 0 Å². The molecule has 0 unspecified atom stereocenters. The molecule has 0 saturated heterocycles. The van der Waals surface area contributed by atoms with Crippen LogP contribution in [0, 0.1) is 0 Å². The predicted octanol–water partition coefficient (Wildman–Crippen LogP) is 4.89. The van der Waals surface area contributed by atoms with Gasteiger partial charge < -0.3 is 0 Å². The second-order valence-electron chi connectivity index (χ2n) is 4.23. The maximum Gasteiger partial charge on any atom is 0.417 e. The summed E-state index contributed by atoms with van der Waals surface area (Å²) in [5, 5.41) is 0. The Morgan fingerprint density at radius 3 is 2.25 bits per heavy atom. The molecule has 2 aromatic rings. The van der Waals surface area contributed by atoms with Crippen molar-refractivity contribution in [3.05, 3.63) is 69.7 Å². The fourth-order valence-electron chi connectivity index (χ4n) is 1.88. The summed E-state index contributed by atoms with van der Waals surface area (Å²) in [6.07, 6.45) is -4.60. The number of rotatable bonds is 3. The Morgan fingerprint density at radius 2 is 1.60 bits per heavy atom. The van der Waals surface area contributed by atoms with Crippen LogP contribution in [-0.2, 0) is 12.6 Å². The zero-order valence-corrected chi connectivity index (χ0v) is 11.8. The third-order valence-electron chi connectivity index (χ3n) is 2.84. The highest BCUT2D eigenvalue weighted by molar-refractivity contribution is 9.10. The molecule has 20 heavy (non-hydrogen) atoms. The molecule has 0 aliphatic rings. The average Bonchev–Trinajstić information content (AvgIpc) is 2.40. The number of ketones is 1. The van der Waals surface area contributed by atoms with Gasteiger partial charge in [-0.05, 0) is 17.7 Å². The summed E-state index contributed by atoms with van der Waals surface area (Å²) in [5.41, 5.74) is -0.526.